The number of hydrogen-bond donors (Lipinski definition) is 2. The number of nitrogens with zero attached hydrogens (tertiary/aromatic N) is 1. The van der Waals surface area contributed by atoms with Crippen molar-refractivity contribution in [1.82, 2.24) is 10.6 Å². The Morgan fingerprint density at radius 3 is 2.72 bits per heavy atom. The molecule has 0 spiro atoms. The van der Waals surface area contributed by atoms with Crippen LogP contribution in [-0.2, 0) is 0 Å². The van der Waals surface area contributed by atoms with Crippen LogP contribution in [0.3, 0.4) is 0 Å². The van der Waals surface area contributed by atoms with Gasteiger partial charge in [0, 0.05) is 29.8 Å². The van der Waals surface area contributed by atoms with Crippen molar-refractivity contribution in [3.05, 3.63) is 30.3 Å². The molecule has 1 atom stereocenters. The quantitative estimate of drug-likeness (QED) is 0.487. The molecule has 1 saturated carbocycles. The molecule has 2 rings (SSSR count). The van der Waals surface area contributed by atoms with Crippen LogP contribution < -0.4 is 10.6 Å². The van der Waals surface area contributed by atoms with E-state index in [2.05, 4.69) is 46.8 Å². The van der Waals surface area contributed by atoms with Crippen LogP contribution in [0.2, 0.25) is 0 Å². The van der Waals surface area contributed by atoms with Gasteiger partial charge < -0.3 is 10.6 Å². The maximum Gasteiger partial charge on any atom is 0.191 e. The zero-order chi connectivity index (χ0) is 12.8. The highest BCUT2D eigenvalue weighted by atomic mass is 32.2. The van der Waals surface area contributed by atoms with E-state index >= 15 is 0 Å². The third-order valence-electron chi connectivity index (χ3n) is 2.78. The molecule has 0 bridgehead atoms. The summed E-state index contributed by atoms with van der Waals surface area (Å²) in [5.74, 6) is 0.929. The SMILES string of the molecule is CN=C(NCC(C)Sc1ccccc1)NC1CC1. The molecule has 1 unspecified atom stereocenters. The van der Waals surface area contributed by atoms with Crippen molar-refractivity contribution >= 4 is 17.7 Å². The third kappa shape index (κ3) is 4.61. The van der Waals surface area contributed by atoms with E-state index in [1.165, 1.54) is 17.7 Å². The highest BCUT2D eigenvalue weighted by Gasteiger charge is 2.22. The lowest BCUT2D eigenvalue weighted by Gasteiger charge is -2.15. The summed E-state index contributed by atoms with van der Waals surface area (Å²) in [6, 6.07) is 11.2. The standard InChI is InChI=1S/C14H21N3S/c1-11(18-13-6-4-3-5-7-13)10-16-14(15-2)17-12-8-9-12/h3-7,11-12H,8-10H2,1-2H3,(H2,15,16,17). The van der Waals surface area contributed by atoms with Gasteiger partial charge in [0.15, 0.2) is 5.96 Å². The van der Waals surface area contributed by atoms with Crippen LogP contribution in [-0.4, -0.2) is 30.8 Å². The van der Waals surface area contributed by atoms with Crippen molar-refractivity contribution in [3.63, 3.8) is 0 Å². The minimum absolute atomic E-state index is 0.519. The van der Waals surface area contributed by atoms with E-state index in [1.807, 2.05) is 24.9 Å². The number of guanidine groups is 1. The van der Waals surface area contributed by atoms with Crippen LogP contribution in [0.1, 0.15) is 19.8 Å². The third-order valence-corrected chi connectivity index (χ3v) is 3.89. The fourth-order valence-corrected chi connectivity index (χ4v) is 2.57. The van der Waals surface area contributed by atoms with Crippen molar-refractivity contribution < 1.29 is 0 Å². The highest BCUT2D eigenvalue weighted by Crippen LogP contribution is 2.22. The van der Waals surface area contributed by atoms with E-state index < -0.39 is 0 Å². The summed E-state index contributed by atoms with van der Waals surface area (Å²) in [7, 11) is 1.83. The molecule has 0 aliphatic heterocycles. The van der Waals surface area contributed by atoms with Crippen LogP contribution in [0.5, 0.6) is 0 Å². The molecule has 4 heteroatoms. The van der Waals surface area contributed by atoms with Gasteiger partial charge in [0.2, 0.25) is 0 Å². The average molecular weight is 263 g/mol. The lowest BCUT2D eigenvalue weighted by atomic mass is 10.4. The molecular formula is C14H21N3S. The van der Waals surface area contributed by atoms with Gasteiger partial charge in [-0.25, -0.2) is 0 Å². The molecule has 2 N–H and O–H groups in total. The van der Waals surface area contributed by atoms with Gasteiger partial charge in [0.05, 0.1) is 0 Å². The van der Waals surface area contributed by atoms with E-state index in [0.29, 0.717) is 11.3 Å². The maximum atomic E-state index is 4.23. The zero-order valence-electron chi connectivity index (χ0n) is 11.0. The Bertz CT molecular complexity index is 387. The molecule has 1 aliphatic carbocycles. The van der Waals surface area contributed by atoms with E-state index in [1.54, 1.807) is 0 Å². The van der Waals surface area contributed by atoms with Gasteiger partial charge in [0.1, 0.15) is 0 Å². The summed E-state index contributed by atoms with van der Waals surface area (Å²) in [4.78, 5) is 5.55. The van der Waals surface area contributed by atoms with E-state index in [4.69, 9.17) is 0 Å². The van der Waals surface area contributed by atoms with Crippen LogP contribution >= 0.6 is 11.8 Å². The van der Waals surface area contributed by atoms with Crippen molar-refractivity contribution in [3.8, 4) is 0 Å². The Morgan fingerprint density at radius 2 is 2.11 bits per heavy atom. The molecule has 98 valence electrons. The first kappa shape index (κ1) is 13.3. The summed E-state index contributed by atoms with van der Waals surface area (Å²) in [5.41, 5.74) is 0. The minimum Gasteiger partial charge on any atom is -0.355 e. The molecule has 0 radical (unpaired) electrons. The van der Waals surface area contributed by atoms with Gasteiger partial charge >= 0.3 is 0 Å². The topological polar surface area (TPSA) is 36.4 Å². The van der Waals surface area contributed by atoms with Gasteiger partial charge in [-0.1, -0.05) is 25.1 Å². The lowest BCUT2D eigenvalue weighted by Crippen LogP contribution is -2.40. The zero-order valence-corrected chi connectivity index (χ0v) is 11.8. The highest BCUT2D eigenvalue weighted by molar-refractivity contribution is 8.00. The normalized spacial score (nSPS) is 17.3. The molecule has 0 saturated heterocycles. The fourth-order valence-electron chi connectivity index (χ4n) is 1.63. The van der Waals surface area contributed by atoms with Gasteiger partial charge in [-0.15, -0.1) is 11.8 Å². The molecule has 0 heterocycles. The Hall–Kier alpha value is -1.16. The lowest BCUT2D eigenvalue weighted by molar-refractivity contribution is 0.787. The summed E-state index contributed by atoms with van der Waals surface area (Å²) < 4.78 is 0. The van der Waals surface area contributed by atoms with Crippen molar-refractivity contribution in [2.45, 2.75) is 36.0 Å². The Kier molecular flexibility index (Phi) is 4.93. The number of benzene rings is 1. The number of rotatable bonds is 5. The second kappa shape index (κ2) is 6.69. The fraction of sp³-hybridized carbons (Fsp3) is 0.500. The molecule has 1 aromatic carbocycles. The molecule has 3 nitrogen and oxygen atoms in total. The first-order chi connectivity index (χ1) is 8.78. The van der Waals surface area contributed by atoms with Gasteiger partial charge in [-0.2, -0.15) is 0 Å². The summed E-state index contributed by atoms with van der Waals surface area (Å²) >= 11 is 1.89. The minimum atomic E-state index is 0.519. The first-order valence-electron chi connectivity index (χ1n) is 6.47. The van der Waals surface area contributed by atoms with Crippen molar-refractivity contribution in [2.75, 3.05) is 13.6 Å². The number of hydrogen-bond acceptors (Lipinski definition) is 2. The number of aliphatic imine (C=N–C) groups is 1. The molecule has 0 amide bonds. The molecule has 0 aromatic heterocycles. The Morgan fingerprint density at radius 1 is 1.39 bits per heavy atom. The van der Waals surface area contributed by atoms with Crippen LogP contribution in [0, 0.1) is 0 Å². The van der Waals surface area contributed by atoms with Crippen molar-refractivity contribution in [2.24, 2.45) is 4.99 Å². The van der Waals surface area contributed by atoms with Crippen molar-refractivity contribution in [1.29, 1.82) is 0 Å². The smallest absolute Gasteiger partial charge is 0.191 e. The molecule has 18 heavy (non-hydrogen) atoms. The Balaban J connectivity index is 1.71. The predicted molar refractivity (Wildman–Crippen MR) is 79.3 cm³/mol. The Labute approximate surface area is 113 Å². The van der Waals surface area contributed by atoms with Gasteiger partial charge in [-0.05, 0) is 25.0 Å². The molecule has 1 fully saturated rings. The monoisotopic (exact) mass is 263 g/mol. The summed E-state index contributed by atoms with van der Waals surface area (Å²) in [5, 5.41) is 7.29. The van der Waals surface area contributed by atoms with E-state index in [0.717, 1.165) is 12.5 Å². The largest absolute Gasteiger partial charge is 0.355 e. The van der Waals surface area contributed by atoms with E-state index in [-0.39, 0.29) is 0 Å². The number of thioether (sulfide) groups is 1. The molecule has 1 aliphatic rings. The van der Waals surface area contributed by atoms with Gasteiger partial charge in [-0.3, -0.25) is 4.99 Å². The van der Waals surface area contributed by atoms with E-state index in [9.17, 15) is 0 Å². The van der Waals surface area contributed by atoms with Crippen LogP contribution in [0.15, 0.2) is 40.2 Å². The molecule has 1 aromatic rings. The average Bonchev–Trinajstić information content (AvgIpc) is 3.19. The summed E-state index contributed by atoms with van der Waals surface area (Å²) in [6.45, 7) is 3.15. The second-order valence-corrected chi connectivity index (χ2v) is 6.13. The van der Waals surface area contributed by atoms with Crippen LogP contribution in [0.25, 0.3) is 0 Å². The summed E-state index contributed by atoms with van der Waals surface area (Å²) in [6.07, 6.45) is 2.55. The van der Waals surface area contributed by atoms with Gasteiger partial charge in [0.25, 0.3) is 0 Å². The second-order valence-electron chi connectivity index (χ2n) is 4.61. The maximum absolute atomic E-state index is 4.23. The predicted octanol–water partition coefficient (Wildman–Crippen LogP) is 2.49. The van der Waals surface area contributed by atoms with Crippen LogP contribution in [0.4, 0.5) is 0 Å². The first-order valence-corrected chi connectivity index (χ1v) is 7.35. The number of nitrogens with one attached hydrogen (secondary N) is 2. The molecular weight excluding hydrogens is 242 g/mol.